The van der Waals surface area contributed by atoms with Crippen LogP contribution in [0, 0.1) is 0 Å². The summed E-state index contributed by atoms with van der Waals surface area (Å²) in [4.78, 5) is 36.7. The highest BCUT2D eigenvalue weighted by atomic mass is 16.5. The number of H-pyrrole nitrogens is 1. The van der Waals surface area contributed by atoms with Gasteiger partial charge in [-0.25, -0.2) is 5.10 Å². The first-order chi connectivity index (χ1) is 13.9. The van der Waals surface area contributed by atoms with Crippen LogP contribution in [-0.2, 0) is 20.7 Å². The van der Waals surface area contributed by atoms with Gasteiger partial charge in [0.2, 0.25) is 0 Å². The maximum absolute atomic E-state index is 12.5. The van der Waals surface area contributed by atoms with Gasteiger partial charge in [0, 0.05) is 11.1 Å². The van der Waals surface area contributed by atoms with Gasteiger partial charge in [0.15, 0.2) is 6.10 Å². The molecule has 0 saturated heterocycles. The van der Waals surface area contributed by atoms with E-state index in [0.29, 0.717) is 22.2 Å². The van der Waals surface area contributed by atoms with Gasteiger partial charge in [-0.1, -0.05) is 50.2 Å². The number of benzene rings is 2. The van der Waals surface area contributed by atoms with Crippen LogP contribution in [0.3, 0.4) is 0 Å². The topological polar surface area (TPSA) is 101 Å². The van der Waals surface area contributed by atoms with Gasteiger partial charge in [-0.05, 0) is 30.5 Å². The SMILES string of the molecule is CC(C)c1ccccc1NC(=O)[C@@H](C)OC(=O)Cc1n[nH]c(=O)c2ccccc12. The molecular formula is C22H23N3O4. The fraction of sp³-hybridized carbons (Fsp3) is 0.273. The Balaban J connectivity index is 1.68. The molecule has 7 nitrogen and oxygen atoms in total. The summed E-state index contributed by atoms with van der Waals surface area (Å²) in [5, 5.41) is 10.2. The number of rotatable bonds is 6. The Morgan fingerprint density at radius 2 is 1.69 bits per heavy atom. The fourth-order valence-electron chi connectivity index (χ4n) is 3.08. The molecule has 1 atom stereocenters. The minimum Gasteiger partial charge on any atom is -0.452 e. The van der Waals surface area contributed by atoms with E-state index in [2.05, 4.69) is 15.5 Å². The van der Waals surface area contributed by atoms with Gasteiger partial charge in [0.05, 0.1) is 17.5 Å². The van der Waals surface area contributed by atoms with Gasteiger partial charge >= 0.3 is 5.97 Å². The van der Waals surface area contributed by atoms with E-state index in [-0.39, 0.29) is 17.9 Å². The van der Waals surface area contributed by atoms with Crippen molar-refractivity contribution in [2.75, 3.05) is 5.32 Å². The molecule has 1 aromatic heterocycles. The van der Waals surface area contributed by atoms with E-state index in [1.54, 1.807) is 24.3 Å². The summed E-state index contributed by atoms with van der Waals surface area (Å²) in [7, 11) is 0. The van der Waals surface area contributed by atoms with Crippen molar-refractivity contribution in [3.63, 3.8) is 0 Å². The summed E-state index contributed by atoms with van der Waals surface area (Å²) in [5.41, 5.74) is 1.77. The Labute approximate surface area is 168 Å². The molecule has 7 heteroatoms. The van der Waals surface area contributed by atoms with Crippen LogP contribution in [0.4, 0.5) is 5.69 Å². The Morgan fingerprint density at radius 1 is 1.03 bits per heavy atom. The lowest BCUT2D eigenvalue weighted by Gasteiger charge is -2.17. The zero-order valence-corrected chi connectivity index (χ0v) is 16.6. The molecule has 0 aliphatic carbocycles. The van der Waals surface area contributed by atoms with Crippen LogP contribution >= 0.6 is 0 Å². The molecule has 0 saturated carbocycles. The average molecular weight is 393 g/mol. The molecule has 0 spiro atoms. The number of hydrogen-bond acceptors (Lipinski definition) is 5. The first-order valence-electron chi connectivity index (χ1n) is 9.42. The number of ether oxygens (including phenoxy) is 1. The van der Waals surface area contributed by atoms with Crippen molar-refractivity contribution in [3.05, 3.63) is 70.1 Å². The number of nitrogens with one attached hydrogen (secondary N) is 2. The predicted octanol–water partition coefficient (Wildman–Crippen LogP) is 3.16. The number of nitrogens with zero attached hydrogens (tertiary/aromatic N) is 1. The number of hydrogen-bond donors (Lipinski definition) is 2. The molecule has 2 N–H and O–H groups in total. The van der Waals surface area contributed by atoms with Gasteiger partial charge in [-0.3, -0.25) is 14.4 Å². The Kier molecular flexibility index (Phi) is 6.07. The molecule has 0 aliphatic heterocycles. The predicted molar refractivity (Wildman–Crippen MR) is 111 cm³/mol. The molecule has 2 aromatic carbocycles. The van der Waals surface area contributed by atoms with Crippen molar-refractivity contribution >= 4 is 28.3 Å². The van der Waals surface area contributed by atoms with Crippen molar-refractivity contribution in [1.82, 2.24) is 10.2 Å². The summed E-state index contributed by atoms with van der Waals surface area (Å²) in [6, 6.07) is 14.4. The lowest BCUT2D eigenvalue weighted by molar-refractivity contribution is -0.152. The monoisotopic (exact) mass is 393 g/mol. The summed E-state index contributed by atoms with van der Waals surface area (Å²) in [6.07, 6.45) is -1.13. The summed E-state index contributed by atoms with van der Waals surface area (Å²) >= 11 is 0. The highest BCUT2D eigenvalue weighted by Gasteiger charge is 2.20. The third-order valence-corrected chi connectivity index (χ3v) is 4.60. The van der Waals surface area contributed by atoms with E-state index in [1.165, 1.54) is 6.92 Å². The van der Waals surface area contributed by atoms with Gasteiger partial charge < -0.3 is 10.1 Å². The first-order valence-corrected chi connectivity index (χ1v) is 9.42. The Hall–Kier alpha value is -3.48. The van der Waals surface area contributed by atoms with Crippen LogP contribution in [0.1, 0.15) is 37.9 Å². The summed E-state index contributed by atoms with van der Waals surface area (Å²) < 4.78 is 5.28. The molecular weight excluding hydrogens is 370 g/mol. The third-order valence-electron chi connectivity index (χ3n) is 4.60. The molecule has 1 heterocycles. The zero-order chi connectivity index (χ0) is 21.0. The second-order valence-corrected chi connectivity index (χ2v) is 7.09. The molecule has 29 heavy (non-hydrogen) atoms. The maximum Gasteiger partial charge on any atom is 0.312 e. The lowest BCUT2D eigenvalue weighted by atomic mass is 10.0. The number of aromatic nitrogens is 2. The molecule has 0 radical (unpaired) electrons. The molecule has 0 bridgehead atoms. The van der Waals surface area contributed by atoms with Crippen LogP contribution in [0.25, 0.3) is 10.8 Å². The zero-order valence-electron chi connectivity index (χ0n) is 16.6. The van der Waals surface area contributed by atoms with Crippen LogP contribution in [0.2, 0.25) is 0 Å². The highest BCUT2D eigenvalue weighted by molar-refractivity contribution is 5.96. The van der Waals surface area contributed by atoms with Crippen LogP contribution < -0.4 is 10.9 Å². The molecule has 1 amide bonds. The second kappa shape index (κ2) is 8.68. The van der Waals surface area contributed by atoms with Gasteiger partial charge in [-0.2, -0.15) is 5.10 Å². The normalized spacial score (nSPS) is 12.0. The molecule has 3 rings (SSSR count). The Morgan fingerprint density at radius 3 is 2.41 bits per heavy atom. The van der Waals surface area contributed by atoms with E-state index in [9.17, 15) is 14.4 Å². The van der Waals surface area contributed by atoms with Crippen LogP contribution in [-0.4, -0.2) is 28.2 Å². The fourth-order valence-corrected chi connectivity index (χ4v) is 3.08. The van der Waals surface area contributed by atoms with E-state index < -0.39 is 18.0 Å². The van der Waals surface area contributed by atoms with Crippen LogP contribution in [0.5, 0.6) is 0 Å². The average Bonchev–Trinajstić information content (AvgIpc) is 2.70. The largest absolute Gasteiger partial charge is 0.452 e. The second-order valence-electron chi connectivity index (χ2n) is 7.09. The smallest absolute Gasteiger partial charge is 0.312 e. The number of aromatic amines is 1. The minimum absolute atomic E-state index is 0.155. The molecule has 0 unspecified atom stereocenters. The highest BCUT2D eigenvalue weighted by Crippen LogP contribution is 2.24. The Bertz CT molecular complexity index is 1100. The molecule has 3 aromatic rings. The number of fused-ring (bicyclic) bond motifs is 1. The quantitative estimate of drug-likeness (QED) is 0.627. The number of para-hydroxylation sites is 1. The van der Waals surface area contributed by atoms with E-state index in [1.807, 2.05) is 38.1 Å². The van der Waals surface area contributed by atoms with Gasteiger partial charge in [0.1, 0.15) is 0 Å². The number of carbonyl (C=O) groups is 2. The van der Waals surface area contributed by atoms with Crippen molar-refractivity contribution in [2.45, 2.75) is 39.2 Å². The van der Waals surface area contributed by atoms with E-state index in [4.69, 9.17) is 4.74 Å². The number of esters is 1. The first kappa shape index (κ1) is 20.3. The third kappa shape index (κ3) is 4.68. The number of anilines is 1. The van der Waals surface area contributed by atoms with Crippen LogP contribution in [0.15, 0.2) is 53.3 Å². The minimum atomic E-state index is -0.975. The lowest BCUT2D eigenvalue weighted by Crippen LogP contribution is -2.31. The standard InChI is InChI=1S/C22H23N3O4/c1-13(2)15-8-6-7-11-18(15)23-21(27)14(3)29-20(26)12-19-16-9-4-5-10-17(16)22(28)25-24-19/h4-11,13-14H,12H2,1-3H3,(H,23,27)(H,25,28)/t14-/m1/s1. The molecule has 0 fully saturated rings. The van der Waals surface area contributed by atoms with Crippen molar-refractivity contribution < 1.29 is 14.3 Å². The van der Waals surface area contributed by atoms with Gasteiger partial charge in [-0.15, -0.1) is 0 Å². The van der Waals surface area contributed by atoms with Gasteiger partial charge in [0.25, 0.3) is 11.5 Å². The van der Waals surface area contributed by atoms with Crippen molar-refractivity contribution in [3.8, 4) is 0 Å². The number of carbonyl (C=O) groups excluding carboxylic acids is 2. The maximum atomic E-state index is 12.5. The van der Waals surface area contributed by atoms with E-state index in [0.717, 1.165) is 5.56 Å². The number of amides is 1. The summed E-state index contributed by atoms with van der Waals surface area (Å²) in [6.45, 7) is 5.59. The molecule has 0 aliphatic rings. The van der Waals surface area contributed by atoms with E-state index >= 15 is 0 Å². The summed E-state index contributed by atoms with van der Waals surface area (Å²) in [5.74, 6) is -0.774. The van der Waals surface area contributed by atoms with Crippen molar-refractivity contribution in [2.24, 2.45) is 0 Å². The molecule has 150 valence electrons. The van der Waals surface area contributed by atoms with Crippen molar-refractivity contribution in [1.29, 1.82) is 0 Å².